The number of hydrogen-bond acceptors (Lipinski definition) is 3. The molecular weight excluding hydrogens is 96.0 g/mol. The molecule has 0 saturated carbocycles. The molecule has 0 rings (SSSR count). The van der Waals surface area contributed by atoms with E-state index in [1.807, 2.05) is 0 Å². The Morgan fingerprint density at radius 1 is 2.00 bits per heavy atom. The summed E-state index contributed by atoms with van der Waals surface area (Å²) < 4.78 is 0. The second-order valence-corrected chi connectivity index (χ2v) is 0.895. The molecule has 0 spiro atoms. The summed E-state index contributed by atoms with van der Waals surface area (Å²) >= 11 is 0. The van der Waals surface area contributed by atoms with Crippen LogP contribution in [0.2, 0.25) is 0 Å². The molecule has 0 aliphatic rings. The van der Waals surface area contributed by atoms with Gasteiger partial charge in [0.15, 0.2) is 0 Å². The summed E-state index contributed by atoms with van der Waals surface area (Å²) in [6.07, 6.45) is 0. The Morgan fingerprint density at radius 2 is 2.57 bits per heavy atom. The number of rotatable bonds is 3. The van der Waals surface area contributed by atoms with Crippen molar-refractivity contribution in [3.8, 4) is 0 Å². The van der Waals surface area contributed by atoms with Crippen LogP contribution in [0, 0.1) is 4.91 Å². The van der Waals surface area contributed by atoms with E-state index in [1.54, 1.807) is 0 Å². The van der Waals surface area contributed by atoms with Crippen molar-refractivity contribution in [1.29, 1.82) is 0 Å². The zero-order valence-electron chi connectivity index (χ0n) is 4.03. The molecule has 5 heteroatoms. The van der Waals surface area contributed by atoms with Gasteiger partial charge in [-0.25, -0.2) is 0 Å². The van der Waals surface area contributed by atoms with Gasteiger partial charge in [-0.3, -0.25) is 0 Å². The van der Waals surface area contributed by atoms with Crippen molar-refractivity contribution in [2.45, 2.75) is 0 Å². The zero-order valence-corrected chi connectivity index (χ0v) is 4.03. The summed E-state index contributed by atoms with van der Waals surface area (Å²) in [6.45, 7) is 0.0994. The van der Waals surface area contributed by atoms with Crippen LogP contribution in [-0.4, -0.2) is 18.8 Å². The van der Waals surface area contributed by atoms with Crippen LogP contribution in [0.25, 0.3) is 5.43 Å². The first-order valence-electron chi connectivity index (χ1n) is 1.75. The Bertz CT molecular complexity index is 55.7. The van der Waals surface area contributed by atoms with E-state index < -0.39 is 0 Å². The fraction of sp³-hybridized carbons (Fsp3) is 1.00. The predicted molar refractivity (Wildman–Crippen MR) is 26.0 cm³/mol. The topological polar surface area (TPSA) is 72.8 Å². The SMILES string of the molecule is CN(N=O)[N-]CN. The van der Waals surface area contributed by atoms with Gasteiger partial charge in [0, 0.05) is 12.3 Å². The highest BCUT2D eigenvalue weighted by Crippen LogP contribution is 1.87. The lowest BCUT2D eigenvalue weighted by Crippen LogP contribution is -2.09. The van der Waals surface area contributed by atoms with Gasteiger partial charge in [0.2, 0.25) is 0 Å². The van der Waals surface area contributed by atoms with E-state index in [0.29, 0.717) is 0 Å². The molecule has 0 aliphatic heterocycles. The largest absolute Gasteiger partial charge is 0.535 e. The van der Waals surface area contributed by atoms with Gasteiger partial charge >= 0.3 is 0 Å². The molecule has 0 amide bonds. The van der Waals surface area contributed by atoms with E-state index in [0.717, 1.165) is 5.12 Å². The molecule has 0 aromatic rings. The average Bonchev–Trinajstić information content (AvgIpc) is 1.68. The van der Waals surface area contributed by atoms with Crippen molar-refractivity contribution in [3.05, 3.63) is 10.3 Å². The number of nitrogens with zero attached hydrogens (tertiary/aromatic N) is 3. The van der Waals surface area contributed by atoms with Gasteiger partial charge in [-0.05, 0) is 0 Å². The lowest BCUT2D eigenvalue weighted by Gasteiger charge is -2.23. The minimum absolute atomic E-state index is 0.0994. The van der Waals surface area contributed by atoms with E-state index in [9.17, 15) is 4.91 Å². The maximum Gasteiger partial charge on any atom is 0.0341 e. The minimum atomic E-state index is 0.0994. The fourth-order valence-corrected chi connectivity index (χ4v) is 0.144. The van der Waals surface area contributed by atoms with Crippen molar-refractivity contribution < 1.29 is 0 Å². The van der Waals surface area contributed by atoms with Crippen LogP contribution in [0.3, 0.4) is 0 Å². The first kappa shape index (κ1) is 6.32. The van der Waals surface area contributed by atoms with E-state index in [4.69, 9.17) is 5.73 Å². The smallest absolute Gasteiger partial charge is 0.0341 e. The normalized spacial score (nSPS) is 8.29. The van der Waals surface area contributed by atoms with Crippen molar-refractivity contribution in [2.24, 2.45) is 11.0 Å². The van der Waals surface area contributed by atoms with Crippen LogP contribution in [0.15, 0.2) is 5.29 Å². The first-order chi connectivity index (χ1) is 3.31. The van der Waals surface area contributed by atoms with Crippen molar-refractivity contribution in [2.75, 3.05) is 13.7 Å². The van der Waals surface area contributed by atoms with Gasteiger partial charge in [-0.1, -0.05) is 6.67 Å². The molecule has 42 valence electrons. The maximum absolute atomic E-state index is 9.42. The Kier molecular flexibility index (Phi) is 3.17. The quantitative estimate of drug-likeness (QED) is 0.397. The summed E-state index contributed by atoms with van der Waals surface area (Å²) in [7, 11) is 1.42. The van der Waals surface area contributed by atoms with Gasteiger partial charge in [-0.2, -0.15) is 0 Å². The van der Waals surface area contributed by atoms with Gasteiger partial charge in [0.1, 0.15) is 0 Å². The van der Waals surface area contributed by atoms with Gasteiger partial charge in [0.05, 0.1) is 0 Å². The Balaban J connectivity index is 2.98. The lowest BCUT2D eigenvalue weighted by atomic mass is 11.2. The second kappa shape index (κ2) is 3.51. The molecule has 0 unspecified atom stereocenters. The zero-order chi connectivity index (χ0) is 5.70. The fourth-order valence-electron chi connectivity index (χ4n) is 0.144. The highest BCUT2D eigenvalue weighted by Gasteiger charge is 1.68. The molecule has 0 aromatic carbocycles. The lowest BCUT2D eigenvalue weighted by molar-refractivity contribution is 0.436. The molecule has 7 heavy (non-hydrogen) atoms. The third-order valence-corrected chi connectivity index (χ3v) is 0.404. The van der Waals surface area contributed by atoms with Crippen LogP contribution in [0.4, 0.5) is 0 Å². The molecule has 5 nitrogen and oxygen atoms in total. The third-order valence-electron chi connectivity index (χ3n) is 0.404. The maximum atomic E-state index is 9.42. The highest BCUT2D eigenvalue weighted by molar-refractivity contribution is 4.63. The monoisotopic (exact) mass is 103 g/mol. The summed E-state index contributed by atoms with van der Waals surface area (Å²) in [4.78, 5) is 9.42. The van der Waals surface area contributed by atoms with Crippen molar-refractivity contribution in [1.82, 2.24) is 5.12 Å². The molecule has 0 heterocycles. The molecule has 2 N–H and O–H groups in total. The van der Waals surface area contributed by atoms with Crippen LogP contribution in [0.1, 0.15) is 0 Å². The standard InChI is InChI=1S/C2H7N4O/c1-6(5-7)4-2-3/h2-3H2,1H3/q-1. The average molecular weight is 103 g/mol. The summed E-state index contributed by atoms with van der Waals surface area (Å²) in [5.74, 6) is 0. The summed E-state index contributed by atoms with van der Waals surface area (Å²) in [6, 6.07) is 0. The van der Waals surface area contributed by atoms with Gasteiger partial charge < -0.3 is 16.3 Å². The van der Waals surface area contributed by atoms with E-state index in [-0.39, 0.29) is 6.67 Å². The molecule has 0 aliphatic carbocycles. The third kappa shape index (κ3) is 3.14. The number of nitroso groups, excluding NO2 is 1. The molecule has 0 atom stereocenters. The predicted octanol–water partition coefficient (Wildman–Crippen LogP) is -0.195. The molecular formula is C2H7N4O-. The van der Waals surface area contributed by atoms with E-state index >= 15 is 0 Å². The van der Waals surface area contributed by atoms with Crippen LogP contribution in [-0.2, 0) is 0 Å². The van der Waals surface area contributed by atoms with Crippen molar-refractivity contribution in [3.63, 3.8) is 0 Å². The molecule has 0 saturated heterocycles. The second-order valence-electron chi connectivity index (χ2n) is 0.895. The number of hydrogen-bond donors (Lipinski definition) is 1. The number of nitrogens with two attached hydrogens (primary N) is 1. The highest BCUT2D eigenvalue weighted by atomic mass is 16.3. The van der Waals surface area contributed by atoms with Gasteiger partial charge in [-0.15, -0.1) is 4.91 Å². The van der Waals surface area contributed by atoms with Crippen LogP contribution < -0.4 is 5.73 Å². The van der Waals surface area contributed by atoms with Crippen LogP contribution in [0.5, 0.6) is 0 Å². The molecule has 0 aromatic heterocycles. The van der Waals surface area contributed by atoms with E-state index in [2.05, 4.69) is 10.7 Å². The Labute approximate surface area is 41.4 Å². The first-order valence-corrected chi connectivity index (χ1v) is 1.75. The summed E-state index contributed by atoms with van der Waals surface area (Å²) in [5, 5.41) is 3.29. The van der Waals surface area contributed by atoms with E-state index in [1.165, 1.54) is 7.05 Å². The van der Waals surface area contributed by atoms with Gasteiger partial charge in [0.25, 0.3) is 0 Å². The summed E-state index contributed by atoms with van der Waals surface area (Å²) in [5.41, 5.74) is 8.27. The molecule has 0 fully saturated rings. The Morgan fingerprint density at radius 3 is 2.71 bits per heavy atom. The van der Waals surface area contributed by atoms with Crippen LogP contribution >= 0.6 is 0 Å². The van der Waals surface area contributed by atoms with Crippen molar-refractivity contribution >= 4 is 0 Å². The minimum Gasteiger partial charge on any atom is -0.535 e. The Hall–Kier alpha value is -0.680. The molecule has 0 radical (unpaired) electrons. The molecule has 0 bridgehead atoms.